The Labute approximate surface area is 86.9 Å². The minimum Gasteiger partial charge on any atom is -0.199 e. The second-order valence-corrected chi connectivity index (χ2v) is 6.29. The predicted molar refractivity (Wildman–Crippen MR) is 57.2 cm³/mol. The molecule has 1 aliphatic rings. The van der Waals surface area contributed by atoms with Crippen molar-refractivity contribution in [3.05, 3.63) is 0 Å². The molecule has 1 fully saturated rings. The molecule has 1 rings (SSSR count). The zero-order chi connectivity index (χ0) is 10.8. The van der Waals surface area contributed by atoms with E-state index in [-0.39, 0.29) is 6.04 Å². The number of nitrogens with zero attached hydrogens (tertiary/aromatic N) is 1. The summed E-state index contributed by atoms with van der Waals surface area (Å²) in [5.74, 6) is 0.638. The lowest BCUT2D eigenvalue weighted by molar-refractivity contribution is 0.323. The van der Waals surface area contributed by atoms with Gasteiger partial charge in [-0.15, -0.1) is 0 Å². The summed E-state index contributed by atoms with van der Waals surface area (Å²) in [7, 11) is -0.138. The minimum absolute atomic E-state index is 0.131. The first-order valence-corrected chi connectivity index (χ1v) is 6.55. The number of hydrogen-bond acceptors (Lipinski definition) is 2. The first-order valence-electron chi connectivity index (χ1n) is 5.11. The van der Waals surface area contributed by atoms with Gasteiger partial charge < -0.3 is 0 Å². The monoisotopic (exact) mass is 220 g/mol. The Morgan fingerprint density at radius 1 is 1.29 bits per heavy atom. The van der Waals surface area contributed by atoms with Gasteiger partial charge in [0.15, 0.2) is 0 Å². The number of rotatable bonds is 3. The van der Waals surface area contributed by atoms with E-state index in [2.05, 4.69) is 11.6 Å². The van der Waals surface area contributed by atoms with Gasteiger partial charge >= 0.3 is 0 Å². The molecule has 1 saturated carbocycles. The van der Waals surface area contributed by atoms with Gasteiger partial charge in [-0.2, -0.15) is 17.4 Å². The van der Waals surface area contributed by atoms with E-state index in [1.807, 2.05) is 0 Å². The molecule has 0 aliphatic heterocycles. The highest BCUT2D eigenvalue weighted by Crippen LogP contribution is 2.23. The Morgan fingerprint density at radius 2 is 1.93 bits per heavy atom. The van der Waals surface area contributed by atoms with Crippen LogP contribution in [0.3, 0.4) is 0 Å². The Morgan fingerprint density at radius 3 is 2.43 bits per heavy atom. The fourth-order valence-corrected chi connectivity index (χ4v) is 2.70. The van der Waals surface area contributed by atoms with Crippen LogP contribution in [-0.4, -0.2) is 32.9 Å². The molecule has 2 unspecified atom stereocenters. The Kier molecular flexibility index (Phi) is 3.92. The summed E-state index contributed by atoms with van der Waals surface area (Å²) < 4.78 is 27.0. The van der Waals surface area contributed by atoms with Crippen LogP contribution in [0.4, 0.5) is 0 Å². The van der Waals surface area contributed by atoms with E-state index >= 15 is 0 Å². The molecular formula is C9H20N2O2S. The second kappa shape index (κ2) is 4.59. The van der Waals surface area contributed by atoms with Crippen molar-refractivity contribution in [3.63, 3.8) is 0 Å². The SMILES string of the molecule is CC1CCCC(NS(=O)(=O)N(C)C)C1. The van der Waals surface area contributed by atoms with E-state index in [0.29, 0.717) is 5.92 Å². The van der Waals surface area contributed by atoms with Gasteiger partial charge in [-0.1, -0.05) is 19.8 Å². The van der Waals surface area contributed by atoms with Crippen molar-refractivity contribution < 1.29 is 8.42 Å². The topological polar surface area (TPSA) is 49.4 Å². The van der Waals surface area contributed by atoms with Crippen LogP contribution in [-0.2, 0) is 10.2 Å². The first-order chi connectivity index (χ1) is 6.42. The standard InChI is InChI=1S/C9H20N2O2S/c1-8-5-4-6-9(7-8)10-14(12,13)11(2)3/h8-10H,4-7H2,1-3H3. The van der Waals surface area contributed by atoms with Gasteiger partial charge in [0.05, 0.1) is 0 Å². The Hall–Kier alpha value is -0.130. The summed E-state index contributed by atoms with van der Waals surface area (Å²) in [6.45, 7) is 2.18. The molecule has 0 aromatic rings. The molecule has 0 bridgehead atoms. The van der Waals surface area contributed by atoms with Crippen molar-refractivity contribution in [3.8, 4) is 0 Å². The van der Waals surface area contributed by atoms with Crippen molar-refractivity contribution in [2.75, 3.05) is 14.1 Å². The molecule has 0 heterocycles. The Bertz CT molecular complexity index is 275. The molecular weight excluding hydrogens is 200 g/mol. The third kappa shape index (κ3) is 3.22. The summed E-state index contributed by atoms with van der Waals surface area (Å²) in [6, 6.07) is 0.131. The molecule has 84 valence electrons. The molecule has 4 nitrogen and oxygen atoms in total. The molecule has 0 radical (unpaired) electrons. The van der Waals surface area contributed by atoms with Gasteiger partial charge in [-0.25, -0.2) is 0 Å². The number of hydrogen-bond donors (Lipinski definition) is 1. The van der Waals surface area contributed by atoms with Crippen molar-refractivity contribution in [1.29, 1.82) is 0 Å². The highest BCUT2D eigenvalue weighted by Gasteiger charge is 2.24. The smallest absolute Gasteiger partial charge is 0.199 e. The van der Waals surface area contributed by atoms with E-state index in [9.17, 15) is 8.42 Å². The predicted octanol–water partition coefficient (Wildman–Crippen LogP) is 0.961. The van der Waals surface area contributed by atoms with Crippen molar-refractivity contribution >= 4 is 10.2 Å². The molecule has 1 N–H and O–H groups in total. The average Bonchev–Trinajstić information content (AvgIpc) is 2.02. The van der Waals surface area contributed by atoms with Crippen LogP contribution in [0.15, 0.2) is 0 Å². The molecule has 0 aromatic carbocycles. The molecule has 1 aliphatic carbocycles. The second-order valence-electron chi connectivity index (χ2n) is 4.37. The molecule has 5 heteroatoms. The molecule has 2 atom stereocenters. The van der Waals surface area contributed by atoms with Crippen LogP contribution in [0.25, 0.3) is 0 Å². The Balaban J connectivity index is 2.52. The maximum atomic E-state index is 11.5. The maximum absolute atomic E-state index is 11.5. The lowest BCUT2D eigenvalue weighted by atomic mass is 9.88. The largest absolute Gasteiger partial charge is 0.279 e. The minimum atomic E-state index is -3.24. The maximum Gasteiger partial charge on any atom is 0.279 e. The van der Waals surface area contributed by atoms with E-state index in [4.69, 9.17) is 0 Å². The molecule has 0 aromatic heterocycles. The third-order valence-electron chi connectivity index (χ3n) is 2.73. The van der Waals surface area contributed by atoms with Crippen LogP contribution < -0.4 is 4.72 Å². The van der Waals surface area contributed by atoms with Crippen molar-refractivity contribution in [1.82, 2.24) is 9.03 Å². The zero-order valence-corrected chi connectivity index (χ0v) is 9.97. The van der Waals surface area contributed by atoms with Gasteiger partial charge in [0.2, 0.25) is 0 Å². The average molecular weight is 220 g/mol. The lowest BCUT2D eigenvalue weighted by Gasteiger charge is -2.28. The number of nitrogens with one attached hydrogen (secondary N) is 1. The highest BCUT2D eigenvalue weighted by molar-refractivity contribution is 7.87. The van der Waals surface area contributed by atoms with E-state index in [1.54, 1.807) is 14.1 Å². The molecule has 0 amide bonds. The summed E-state index contributed by atoms with van der Waals surface area (Å²) in [5, 5.41) is 0. The zero-order valence-electron chi connectivity index (χ0n) is 9.16. The quantitative estimate of drug-likeness (QED) is 0.770. The van der Waals surface area contributed by atoms with E-state index < -0.39 is 10.2 Å². The summed E-state index contributed by atoms with van der Waals surface area (Å²) in [4.78, 5) is 0. The fourth-order valence-electron chi connectivity index (χ4n) is 1.86. The van der Waals surface area contributed by atoms with Crippen LogP contribution in [0.1, 0.15) is 32.6 Å². The van der Waals surface area contributed by atoms with Gasteiger partial charge in [-0.05, 0) is 18.8 Å². The molecule has 0 saturated heterocycles. The summed E-state index contributed by atoms with van der Waals surface area (Å²) in [6.07, 6.45) is 4.28. The normalized spacial score (nSPS) is 29.4. The van der Waals surface area contributed by atoms with E-state index in [1.165, 1.54) is 10.7 Å². The summed E-state index contributed by atoms with van der Waals surface area (Å²) in [5.41, 5.74) is 0. The van der Waals surface area contributed by atoms with Crippen LogP contribution in [0.5, 0.6) is 0 Å². The molecule has 0 spiro atoms. The first kappa shape index (κ1) is 11.9. The molecule has 14 heavy (non-hydrogen) atoms. The van der Waals surface area contributed by atoms with Crippen molar-refractivity contribution in [2.45, 2.75) is 38.6 Å². The summed E-state index contributed by atoms with van der Waals surface area (Å²) >= 11 is 0. The van der Waals surface area contributed by atoms with Gasteiger partial charge in [0, 0.05) is 20.1 Å². The van der Waals surface area contributed by atoms with Crippen LogP contribution >= 0.6 is 0 Å². The van der Waals surface area contributed by atoms with Gasteiger partial charge in [-0.3, -0.25) is 0 Å². The fraction of sp³-hybridized carbons (Fsp3) is 1.00. The van der Waals surface area contributed by atoms with Crippen molar-refractivity contribution in [2.24, 2.45) is 5.92 Å². The van der Waals surface area contributed by atoms with E-state index in [0.717, 1.165) is 19.3 Å². The van der Waals surface area contributed by atoms with Gasteiger partial charge in [0.1, 0.15) is 0 Å². The third-order valence-corrected chi connectivity index (χ3v) is 4.33. The van der Waals surface area contributed by atoms with Gasteiger partial charge in [0.25, 0.3) is 10.2 Å². The van der Waals surface area contributed by atoms with Crippen LogP contribution in [0.2, 0.25) is 0 Å². The lowest BCUT2D eigenvalue weighted by Crippen LogP contribution is -2.43. The highest BCUT2D eigenvalue weighted by atomic mass is 32.2. The van der Waals surface area contributed by atoms with Crippen LogP contribution in [0, 0.1) is 5.92 Å².